The molecule has 0 fully saturated rings. The van der Waals surface area contributed by atoms with E-state index in [9.17, 15) is 0 Å². The standard InChI is InChI=1S/C50H28/c1-2-12-36-29(7-1)19-28-43-48(41-26-22-34-17-15-30-8-5-10-32-20-24-39(41)46(34)44(30)32)37-13-3-4-14-38(37)50(49(36)43)42-27-23-35-18-16-31-9-6-11-33-21-25-40(42)47(35)45(31)33/h1-28H. The van der Waals surface area contributed by atoms with Gasteiger partial charge in [0.15, 0.2) is 0 Å². The Bertz CT molecular complexity index is 3330. The third-order valence-corrected chi connectivity index (χ3v) is 11.5. The summed E-state index contributed by atoms with van der Waals surface area (Å²) >= 11 is 0. The SMILES string of the molecule is c1ccc2c(c1)ccc1c(-c3ccc4ccc5cccc6ccc3c4c56)c3ccccc3c(-c3ccc4ccc5cccc6ccc3c4c56)c12. The van der Waals surface area contributed by atoms with E-state index in [1.165, 1.54) is 119 Å². The van der Waals surface area contributed by atoms with E-state index in [2.05, 4.69) is 170 Å². The molecule has 0 N–H and O–H groups in total. The summed E-state index contributed by atoms with van der Waals surface area (Å²) in [7, 11) is 0. The Morgan fingerprint density at radius 1 is 0.180 bits per heavy atom. The summed E-state index contributed by atoms with van der Waals surface area (Å²) in [5.41, 5.74) is 5.19. The maximum absolute atomic E-state index is 2.39. The first-order valence-corrected chi connectivity index (χ1v) is 17.5. The van der Waals surface area contributed by atoms with Gasteiger partial charge in [-0.3, -0.25) is 0 Å². The summed E-state index contributed by atoms with van der Waals surface area (Å²) in [6.45, 7) is 0. The highest BCUT2D eigenvalue weighted by atomic mass is 14.3. The number of benzene rings is 12. The van der Waals surface area contributed by atoms with Crippen molar-refractivity contribution in [2.24, 2.45) is 0 Å². The molecule has 0 saturated carbocycles. The number of hydrogen-bond acceptors (Lipinski definition) is 0. The van der Waals surface area contributed by atoms with E-state index >= 15 is 0 Å². The van der Waals surface area contributed by atoms with Crippen LogP contribution in [0, 0.1) is 0 Å². The van der Waals surface area contributed by atoms with Crippen LogP contribution in [0.25, 0.3) is 119 Å². The minimum Gasteiger partial charge on any atom is -0.0616 e. The largest absolute Gasteiger partial charge is 0.0616 e. The molecule has 0 unspecified atom stereocenters. The molecule has 228 valence electrons. The fourth-order valence-corrected chi connectivity index (χ4v) is 9.42. The van der Waals surface area contributed by atoms with Gasteiger partial charge >= 0.3 is 0 Å². The van der Waals surface area contributed by atoms with E-state index in [4.69, 9.17) is 0 Å². The van der Waals surface area contributed by atoms with Crippen molar-refractivity contribution in [2.75, 3.05) is 0 Å². The third-order valence-electron chi connectivity index (χ3n) is 11.5. The van der Waals surface area contributed by atoms with Crippen LogP contribution in [-0.2, 0) is 0 Å². The quantitative estimate of drug-likeness (QED) is 0.132. The lowest BCUT2D eigenvalue weighted by atomic mass is 9.80. The van der Waals surface area contributed by atoms with Crippen LogP contribution in [0.5, 0.6) is 0 Å². The van der Waals surface area contributed by atoms with Crippen LogP contribution in [0.4, 0.5) is 0 Å². The van der Waals surface area contributed by atoms with Crippen LogP contribution in [0.15, 0.2) is 170 Å². The molecule has 0 aromatic heterocycles. The molecule has 12 aromatic carbocycles. The fourth-order valence-electron chi connectivity index (χ4n) is 9.42. The smallest absolute Gasteiger partial charge is 0.00139 e. The monoisotopic (exact) mass is 628 g/mol. The summed E-state index contributed by atoms with van der Waals surface area (Å²) in [4.78, 5) is 0. The van der Waals surface area contributed by atoms with Gasteiger partial charge in [-0.15, -0.1) is 0 Å². The van der Waals surface area contributed by atoms with E-state index in [-0.39, 0.29) is 0 Å². The number of fused-ring (bicyclic) bond motifs is 4. The molecular weight excluding hydrogens is 601 g/mol. The van der Waals surface area contributed by atoms with Gasteiger partial charge in [0.25, 0.3) is 0 Å². The summed E-state index contributed by atoms with van der Waals surface area (Å²) in [6.07, 6.45) is 0. The summed E-state index contributed by atoms with van der Waals surface area (Å²) in [6, 6.07) is 64.0. The second-order valence-corrected chi connectivity index (χ2v) is 13.9. The van der Waals surface area contributed by atoms with Gasteiger partial charge in [0.1, 0.15) is 0 Å². The average molecular weight is 629 g/mol. The first-order chi connectivity index (χ1) is 24.8. The Balaban J connectivity index is 1.30. The van der Waals surface area contributed by atoms with Crippen LogP contribution in [0.3, 0.4) is 0 Å². The van der Waals surface area contributed by atoms with Crippen LogP contribution >= 0.6 is 0 Å². The lowest BCUT2D eigenvalue weighted by molar-refractivity contribution is 1.71. The van der Waals surface area contributed by atoms with Crippen molar-refractivity contribution in [1.29, 1.82) is 0 Å². The van der Waals surface area contributed by atoms with E-state index in [0.29, 0.717) is 0 Å². The molecule has 12 aromatic rings. The third kappa shape index (κ3) is 3.35. The van der Waals surface area contributed by atoms with E-state index in [0.717, 1.165) is 0 Å². The van der Waals surface area contributed by atoms with Gasteiger partial charge in [-0.25, -0.2) is 0 Å². The van der Waals surface area contributed by atoms with Gasteiger partial charge < -0.3 is 0 Å². The first kappa shape index (κ1) is 26.5. The molecule has 0 saturated heterocycles. The lowest BCUT2D eigenvalue weighted by Gasteiger charge is -2.22. The molecule has 0 heteroatoms. The van der Waals surface area contributed by atoms with Gasteiger partial charge in [-0.05, 0) is 119 Å². The zero-order valence-electron chi connectivity index (χ0n) is 27.2. The predicted molar refractivity (Wildman–Crippen MR) is 217 cm³/mol. The molecule has 0 bridgehead atoms. The predicted octanol–water partition coefficient (Wildman–Crippen LogP) is 14.3. The van der Waals surface area contributed by atoms with Crippen LogP contribution in [-0.4, -0.2) is 0 Å². The van der Waals surface area contributed by atoms with Crippen molar-refractivity contribution in [3.63, 3.8) is 0 Å². The highest BCUT2D eigenvalue weighted by molar-refractivity contribution is 6.34. The van der Waals surface area contributed by atoms with Crippen molar-refractivity contribution in [2.45, 2.75) is 0 Å². The number of rotatable bonds is 2. The minimum atomic E-state index is 1.26. The zero-order chi connectivity index (χ0) is 32.5. The molecule has 0 spiro atoms. The average Bonchev–Trinajstić information content (AvgIpc) is 3.18. The summed E-state index contributed by atoms with van der Waals surface area (Å²) in [5, 5.41) is 23.5. The molecular formula is C50H28. The van der Waals surface area contributed by atoms with Crippen molar-refractivity contribution in [3.05, 3.63) is 170 Å². The van der Waals surface area contributed by atoms with Crippen molar-refractivity contribution < 1.29 is 0 Å². The molecule has 0 atom stereocenters. The van der Waals surface area contributed by atoms with Gasteiger partial charge in [0, 0.05) is 0 Å². The minimum absolute atomic E-state index is 1.26. The van der Waals surface area contributed by atoms with Gasteiger partial charge in [0.05, 0.1) is 0 Å². The maximum Gasteiger partial charge on any atom is -0.00139 e. The van der Waals surface area contributed by atoms with E-state index in [1.807, 2.05) is 0 Å². The second-order valence-electron chi connectivity index (χ2n) is 13.9. The normalized spacial score (nSPS) is 12.4. The highest BCUT2D eigenvalue weighted by Crippen LogP contribution is 2.50. The Morgan fingerprint density at radius 2 is 0.560 bits per heavy atom. The highest BCUT2D eigenvalue weighted by Gasteiger charge is 2.22. The fraction of sp³-hybridized carbons (Fsp3) is 0. The second kappa shape index (κ2) is 9.56. The molecule has 0 nitrogen and oxygen atoms in total. The molecule has 0 heterocycles. The van der Waals surface area contributed by atoms with E-state index in [1.54, 1.807) is 0 Å². The van der Waals surface area contributed by atoms with Crippen LogP contribution in [0.1, 0.15) is 0 Å². The Labute approximate surface area is 288 Å². The zero-order valence-corrected chi connectivity index (χ0v) is 27.2. The van der Waals surface area contributed by atoms with Crippen molar-refractivity contribution >= 4 is 97.0 Å². The summed E-state index contributed by atoms with van der Waals surface area (Å²) in [5.74, 6) is 0. The Kier molecular flexibility index (Phi) is 5.06. The number of hydrogen-bond donors (Lipinski definition) is 0. The molecule has 12 rings (SSSR count). The summed E-state index contributed by atoms with van der Waals surface area (Å²) < 4.78 is 0. The molecule has 0 amide bonds. The maximum atomic E-state index is 2.39. The van der Waals surface area contributed by atoms with Crippen LogP contribution < -0.4 is 0 Å². The Hall–Kier alpha value is -6.50. The van der Waals surface area contributed by atoms with Gasteiger partial charge in [-0.2, -0.15) is 0 Å². The lowest BCUT2D eigenvalue weighted by Crippen LogP contribution is -1.94. The Morgan fingerprint density at radius 3 is 1.14 bits per heavy atom. The van der Waals surface area contributed by atoms with E-state index < -0.39 is 0 Å². The molecule has 0 radical (unpaired) electrons. The molecule has 50 heavy (non-hydrogen) atoms. The first-order valence-electron chi connectivity index (χ1n) is 17.5. The van der Waals surface area contributed by atoms with Gasteiger partial charge in [0.2, 0.25) is 0 Å². The van der Waals surface area contributed by atoms with Crippen LogP contribution in [0.2, 0.25) is 0 Å². The molecule has 0 aliphatic heterocycles. The molecule has 0 aliphatic rings. The van der Waals surface area contributed by atoms with Crippen molar-refractivity contribution in [3.8, 4) is 22.3 Å². The topological polar surface area (TPSA) is 0 Å². The van der Waals surface area contributed by atoms with Gasteiger partial charge in [-0.1, -0.05) is 170 Å². The molecule has 0 aliphatic carbocycles. The van der Waals surface area contributed by atoms with Crippen molar-refractivity contribution in [1.82, 2.24) is 0 Å².